The summed E-state index contributed by atoms with van der Waals surface area (Å²) in [5.41, 5.74) is 0. The predicted molar refractivity (Wildman–Crippen MR) is 84.2 cm³/mol. The van der Waals surface area contributed by atoms with Gasteiger partial charge in [0.05, 0.1) is 18.8 Å². The molecule has 21 heavy (non-hydrogen) atoms. The van der Waals surface area contributed by atoms with E-state index in [2.05, 4.69) is 12.2 Å². The minimum absolute atomic E-state index is 0.0984. The van der Waals surface area contributed by atoms with Crippen molar-refractivity contribution >= 4 is 5.91 Å². The van der Waals surface area contributed by atoms with E-state index in [9.17, 15) is 9.90 Å². The molecule has 1 saturated carbocycles. The summed E-state index contributed by atoms with van der Waals surface area (Å²) in [7, 11) is 3.50. The first-order valence-electron chi connectivity index (χ1n) is 8.25. The lowest BCUT2D eigenvalue weighted by atomic mass is 9.85. The van der Waals surface area contributed by atoms with Gasteiger partial charge in [0, 0.05) is 33.6 Å². The predicted octanol–water partition coefficient (Wildman–Crippen LogP) is 1.40. The van der Waals surface area contributed by atoms with Gasteiger partial charge in [0.1, 0.15) is 0 Å². The lowest BCUT2D eigenvalue weighted by Gasteiger charge is -2.31. The van der Waals surface area contributed by atoms with E-state index >= 15 is 0 Å². The summed E-state index contributed by atoms with van der Waals surface area (Å²) in [5.74, 6) is 0.748. The van der Waals surface area contributed by atoms with Crippen LogP contribution in [0.2, 0.25) is 0 Å². The van der Waals surface area contributed by atoms with Crippen molar-refractivity contribution in [3.8, 4) is 0 Å². The van der Waals surface area contributed by atoms with E-state index in [1.54, 1.807) is 19.0 Å². The zero-order chi connectivity index (χ0) is 15.7. The fourth-order valence-corrected chi connectivity index (χ4v) is 2.84. The molecule has 0 radical (unpaired) electrons. The van der Waals surface area contributed by atoms with Crippen LogP contribution in [-0.4, -0.2) is 61.9 Å². The number of ether oxygens (including phenoxy) is 1. The van der Waals surface area contributed by atoms with Crippen molar-refractivity contribution in [3.05, 3.63) is 0 Å². The van der Waals surface area contributed by atoms with Gasteiger partial charge in [-0.2, -0.15) is 0 Å². The van der Waals surface area contributed by atoms with Gasteiger partial charge in [-0.1, -0.05) is 26.2 Å². The van der Waals surface area contributed by atoms with E-state index in [0.717, 1.165) is 12.8 Å². The molecule has 3 unspecified atom stereocenters. The van der Waals surface area contributed by atoms with E-state index in [-0.39, 0.29) is 5.91 Å². The number of nitrogens with zero attached hydrogens (tertiary/aromatic N) is 1. The van der Waals surface area contributed by atoms with E-state index < -0.39 is 6.10 Å². The third-order valence-electron chi connectivity index (χ3n) is 4.26. The van der Waals surface area contributed by atoms with Gasteiger partial charge in [0.2, 0.25) is 5.91 Å². The molecule has 2 N–H and O–H groups in total. The molecule has 0 aromatic rings. The standard InChI is InChI=1S/C16H32N2O3/c1-4-13-7-5-6-8-15(13)21-12-14(19)11-17-10-9-16(20)18(2)3/h13-15,17,19H,4-12H2,1-3H3. The molecule has 0 aromatic heterocycles. The molecule has 0 aromatic carbocycles. The summed E-state index contributed by atoms with van der Waals surface area (Å²) in [6.07, 6.45) is 6.35. The molecule has 0 aliphatic heterocycles. The number of amides is 1. The molecule has 1 aliphatic carbocycles. The maximum absolute atomic E-state index is 11.4. The molecule has 5 nitrogen and oxygen atoms in total. The van der Waals surface area contributed by atoms with E-state index in [1.165, 1.54) is 19.3 Å². The van der Waals surface area contributed by atoms with Gasteiger partial charge in [-0.3, -0.25) is 4.79 Å². The Morgan fingerprint density at radius 2 is 2.10 bits per heavy atom. The van der Waals surface area contributed by atoms with Crippen LogP contribution >= 0.6 is 0 Å². The van der Waals surface area contributed by atoms with Gasteiger partial charge in [0.25, 0.3) is 0 Å². The second-order valence-corrected chi connectivity index (χ2v) is 6.22. The number of aliphatic hydroxyl groups is 1. The highest BCUT2D eigenvalue weighted by molar-refractivity contribution is 5.75. The SMILES string of the molecule is CCC1CCCCC1OCC(O)CNCCC(=O)N(C)C. The van der Waals surface area contributed by atoms with Crippen LogP contribution in [0.3, 0.4) is 0 Å². The van der Waals surface area contributed by atoms with Crippen molar-refractivity contribution in [2.24, 2.45) is 5.92 Å². The molecule has 1 aliphatic rings. The van der Waals surface area contributed by atoms with E-state index in [4.69, 9.17) is 4.74 Å². The van der Waals surface area contributed by atoms with Crippen molar-refractivity contribution in [3.63, 3.8) is 0 Å². The normalized spacial score (nSPS) is 23.8. The Kier molecular flexibility index (Phi) is 8.88. The van der Waals surface area contributed by atoms with Crippen molar-refractivity contribution in [2.75, 3.05) is 33.8 Å². The number of aliphatic hydroxyl groups excluding tert-OH is 1. The molecule has 3 atom stereocenters. The lowest BCUT2D eigenvalue weighted by molar-refractivity contribution is -0.128. The Morgan fingerprint density at radius 3 is 2.76 bits per heavy atom. The van der Waals surface area contributed by atoms with Gasteiger partial charge in [-0.05, 0) is 18.8 Å². The van der Waals surface area contributed by atoms with Gasteiger partial charge >= 0.3 is 0 Å². The Hall–Kier alpha value is -0.650. The van der Waals surface area contributed by atoms with Gasteiger partial charge in [-0.15, -0.1) is 0 Å². The first kappa shape index (κ1) is 18.4. The Bertz CT molecular complexity index is 297. The minimum Gasteiger partial charge on any atom is -0.389 e. The molecule has 1 fully saturated rings. The highest BCUT2D eigenvalue weighted by Crippen LogP contribution is 2.29. The van der Waals surface area contributed by atoms with Crippen molar-refractivity contribution < 1.29 is 14.6 Å². The molecule has 1 amide bonds. The van der Waals surface area contributed by atoms with Gasteiger partial charge in [-0.25, -0.2) is 0 Å². The number of rotatable bonds is 9. The third kappa shape index (κ3) is 7.25. The van der Waals surface area contributed by atoms with E-state index in [1.807, 2.05) is 0 Å². The molecule has 0 saturated heterocycles. The Morgan fingerprint density at radius 1 is 1.38 bits per heavy atom. The van der Waals surface area contributed by atoms with Gasteiger partial charge in [0.15, 0.2) is 0 Å². The Labute approximate surface area is 129 Å². The lowest BCUT2D eigenvalue weighted by Crippen LogP contribution is -2.36. The average molecular weight is 300 g/mol. The van der Waals surface area contributed by atoms with Crippen molar-refractivity contribution in [1.29, 1.82) is 0 Å². The average Bonchev–Trinajstić information content (AvgIpc) is 2.49. The van der Waals surface area contributed by atoms with Gasteiger partial charge < -0.3 is 20.1 Å². The molecule has 1 rings (SSSR count). The van der Waals surface area contributed by atoms with Crippen LogP contribution in [0, 0.1) is 5.92 Å². The first-order valence-corrected chi connectivity index (χ1v) is 8.25. The van der Waals surface area contributed by atoms with Crippen LogP contribution in [-0.2, 0) is 9.53 Å². The highest BCUT2D eigenvalue weighted by atomic mass is 16.5. The van der Waals surface area contributed by atoms with Crippen LogP contribution in [0.25, 0.3) is 0 Å². The quantitative estimate of drug-likeness (QED) is 0.632. The topological polar surface area (TPSA) is 61.8 Å². The molecule has 0 spiro atoms. The zero-order valence-corrected chi connectivity index (χ0v) is 13.8. The minimum atomic E-state index is -0.501. The molecular weight excluding hydrogens is 268 g/mol. The first-order chi connectivity index (χ1) is 10.0. The number of nitrogens with one attached hydrogen (secondary N) is 1. The number of carbonyl (C=O) groups excluding carboxylic acids is 1. The van der Waals surface area contributed by atoms with Crippen LogP contribution in [0.1, 0.15) is 45.4 Å². The summed E-state index contributed by atoms with van der Waals surface area (Å²) in [6.45, 7) is 3.67. The van der Waals surface area contributed by atoms with Crippen molar-refractivity contribution in [2.45, 2.75) is 57.7 Å². The highest BCUT2D eigenvalue weighted by Gasteiger charge is 2.24. The van der Waals surface area contributed by atoms with Crippen LogP contribution < -0.4 is 5.32 Å². The smallest absolute Gasteiger partial charge is 0.223 e. The summed E-state index contributed by atoms with van der Waals surface area (Å²) >= 11 is 0. The summed E-state index contributed by atoms with van der Waals surface area (Å²) < 4.78 is 5.90. The molecule has 0 bridgehead atoms. The third-order valence-corrected chi connectivity index (χ3v) is 4.26. The molecular formula is C16H32N2O3. The summed E-state index contributed by atoms with van der Waals surface area (Å²) in [6, 6.07) is 0. The largest absolute Gasteiger partial charge is 0.389 e. The maximum atomic E-state index is 11.4. The second-order valence-electron chi connectivity index (χ2n) is 6.22. The summed E-state index contributed by atoms with van der Waals surface area (Å²) in [5, 5.41) is 13.0. The molecule has 5 heteroatoms. The molecule has 0 heterocycles. The van der Waals surface area contributed by atoms with Crippen LogP contribution in [0.4, 0.5) is 0 Å². The number of carbonyl (C=O) groups is 1. The van der Waals surface area contributed by atoms with Crippen molar-refractivity contribution in [1.82, 2.24) is 10.2 Å². The Balaban J connectivity index is 2.10. The number of hydrogen-bond acceptors (Lipinski definition) is 4. The second kappa shape index (κ2) is 10.1. The monoisotopic (exact) mass is 300 g/mol. The summed E-state index contributed by atoms with van der Waals surface area (Å²) in [4.78, 5) is 13.0. The fraction of sp³-hybridized carbons (Fsp3) is 0.938. The van der Waals surface area contributed by atoms with E-state index in [0.29, 0.717) is 38.1 Å². The molecule has 124 valence electrons. The maximum Gasteiger partial charge on any atom is 0.223 e. The van der Waals surface area contributed by atoms with Crippen LogP contribution in [0.15, 0.2) is 0 Å². The zero-order valence-electron chi connectivity index (χ0n) is 13.8. The number of hydrogen-bond donors (Lipinski definition) is 2. The van der Waals surface area contributed by atoms with Crippen LogP contribution in [0.5, 0.6) is 0 Å². The fourth-order valence-electron chi connectivity index (χ4n) is 2.84.